The summed E-state index contributed by atoms with van der Waals surface area (Å²) in [5, 5.41) is 0. The molecule has 0 spiro atoms. The van der Waals surface area contributed by atoms with Crippen LogP contribution in [0.5, 0.6) is 0 Å². The molecule has 5 heteroatoms. The SMILES string of the molecule is CCOS(=O)(=O)C[C@]12CC[C@H](CC1=O)C2(C)C. The summed E-state index contributed by atoms with van der Waals surface area (Å²) in [4.78, 5) is 12.1. The summed E-state index contributed by atoms with van der Waals surface area (Å²) < 4.78 is 28.5. The number of hydrogen-bond donors (Lipinski definition) is 0. The number of fused-ring (bicyclic) bond motifs is 2. The summed E-state index contributed by atoms with van der Waals surface area (Å²) in [6.45, 7) is 5.83. The zero-order valence-electron chi connectivity index (χ0n) is 10.7. The fourth-order valence-corrected chi connectivity index (χ4v) is 5.35. The van der Waals surface area contributed by atoms with Crippen molar-refractivity contribution in [3.05, 3.63) is 0 Å². The predicted molar refractivity (Wildman–Crippen MR) is 64.0 cm³/mol. The van der Waals surface area contributed by atoms with Gasteiger partial charge in [0.1, 0.15) is 5.78 Å². The van der Waals surface area contributed by atoms with Crippen LogP contribution < -0.4 is 0 Å². The molecule has 0 amide bonds. The molecule has 0 aromatic rings. The molecule has 0 N–H and O–H groups in total. The van der Waals surface area contributed by atoms with E-state index in [1.165, 1.54) is 0 Å². The van der Waals surface area contributed by atoms with E-state index < -0.39 is 15.5 Å². The van der Waals surface area contributed by atoms with E-state index in [2.05, 4.69) is 0 Å². The Morgan fingerprint density at radius 1 is 1.41 bits per heavy atom. The Kier molecular flexibility index (Phi) is 2.90. The van der Waals surface area contributed by atoms with Gasteiger partial charge in [0, 0.05) is 6.42 Å². The van der Waals surface area contributed by atoms with Crippen LogP contribution in [0.4, 0.5) is 0 Å². The third kappa shape index (κ3) is 1.74. The van der Waals surface area contributed by atoms with Crippen LogP contribution in [0, 0.1) is 16.7 Å². The number of carbonyl (C=O) groups is 1. The number of hydrogen-bond acceptors (Lipinski definition) is 4. The molecule has 2 saturated carbocycles. The maximum Gasteiger partial charge on any atom is 0.268 e. The van der Waals surface area contributed by atoms with E-state index in [-0.39, 0.29) is 23.6 Å². The maximum absolute atomic E-state index is 12.1. The lowest BCUT2D eigenvalue weighted by Crippen LogP contribution is -2.42. The first-order valence-corrected chi connectivity index (χ1v) is 7.73. The first kappa shape index (κ1) is 13.0. The van der Waals surface area contributed by atoms with Crippen molar-refractivity contribution in [2.45, 2.75) is 40.0 Å². The molecular weight excluding hydrogens is 240 g/mol. The summed E-state index contributed by atoms with van der Waals surface area (Å²) in [5.41, 5.74) is -0.917. The average molecular weight is 260 g/mol. The molecule has 2 aliphatic rings. The van der Waals surface area contributed by atoms with Crippen molar-refractivity contribution in [2.24, 2.45) is 16.7 Å². The standard InChI is InChI=1S/C12H20O4S/c1-4-16-17(14,15)8-12-6-5-9(7-10(12)13)11(12,2)3/h9H,4-8H2,1-3H3/t9-,12-/m1/s1. The topological polar surface area (TPSA) is 60.4 Å². The van der Waals surface area contributed by atoms with Crippen LogP contribution in [0.15, 0.2) is 0 Å². The first-order valence-electron chi connectivity index (χ1n) is 6.15. The molecule has 17 heavy (non-hydrogen) atoms. The average Bonchev–Trinajstić information content (AvgIpc) is 2.50. The van der Waals surface area contributed by atoms with Crippen LogP contribution in [0.25, 0.3) is 0 Å². The molecule has 0 saturated heterocycles. The van der Waals surface area contributed by atoms with Gasteiger partial charge in [-0.2, -0.15) is 8.42 Å². The molecule has 0 aromatic carbocycles. The summed E-state index contributed by atoms with van der Waals surface area (Å²) in [6.07, 6.45) is 2.19. The molecule has 0 aliphatic heterocycles. The molecule has 4 nitrogen and oxygen atoms in total. The van der Waals surface area contributed by atoms with Crippen LogP contribution in [-0.2, 0) is 19.1 Å². The monoisotopic (exact) mass is 260 g/mol. The van der Waals surface area contributed by atoms with E-state index in [0.717, 1.165) is 6.42 Å². The molecule has 2 aliphatic carbocycles. The highest BCUT2D eigenvalue weighted by molar-refractivity contribution is 7.86. The summed E-state index contributed by atoms with van der Waals surface area (Å²) >= 11 is 0. The Morgan fingerprint density at radius 2 is 2.06 bits per heavy atom. The highest BCUT2D eigenvalue weighted by Crippen LogP contribution is 2.64. The second kappa shape index (κ2) is 3.79. The van der Waals surface area contributed by atoms with Crippen molar-refractivity contribution < 1.29 is 17.4 Å². The van der Waals surface area contributed by atoms with Gasteiger partial charge in [-0.1, -0.05) is 13.8 Å². The van der Waals surface area contributed by atoms with Crippen molar-refractivity contribution >= 4 is 15.9 Å². The Labute approximate surface area is 103 Å². The van der Waals surface area contributed by atoms with Gasteiger partial charge in [0.25, 0.3) is 10.1 Å². The Morgan fingerprint density at radius 3 is 2.47 bits per heavy atom. The van der Waals surface area contributed by atoms with Crippen molar-refractivity contribution in [3.63, 3.8) is 0 Å². The lowest BCUT2D eigenvalue weighted by atomic mass is 9.70. The summed E-state index contributed by atoms with van der Waals surface area (Å²) in [7, 11) is -3.58. The minimum Gasteiger partial charge on any atom is -0.299 e. The van der Waals surface area contributed by atoms with Gasteiger partial charge in [-0.15, -0.1) is 0 Å². The molecule has 0 heterocycles. The maximum atomic E-state index is 12.1. The van der Waals surface area contributed by atoms with Crippen LogP contribution in [0.1, 0.15) is 40.0 Å². The van der Waals surface area contributed by atoms with Crippen LogP contribution >= 0.6 is 0 Å². The molecule has 2 rings (SSSR count). The summed E-state index contributed by atoms with van der Waals surface area (Å²) in [5.74, 6) is 0.310. The van der Waals surface area contributed by atoms with Crippen LogP contribution in [0.2, 0.25) is 0 Å². The normalized spacial score (nSPS) is 35.5. The van der Waals surface area contributed by atoms with Crippen LogP contribution in [-0.4, -0.2) is 26.6 Å². The quantitative estimate of drug-likeness (QED) is 0.722. The molecular formula is C12H20O4S. The van der Waals surface area contributed by atoms with Gasteiger partial charge in [-0.05, 0) is 31.1 Å². The third-order valence-electron chi connectivity index (χ3n) is 4.86. The minimum atomic E-state index is -3.58. The van der Waals surface area contributed by atoms with Crippen molar-refractivity contribution in [1.29, 1.82) is 0 Å². The van der Waals surface area contributed by atoms with E-state index in [4.69, 9.17) is 4.18 Å². The number of carbonyl (C=O) groups excluding carboxylic acids is 1. The highest BCUT2D eigenvalue weighted by atomic mass is 32.2. The molecule has 2 atom stereocenters. The van der Waals surface area contributed by atoms with E-state index in [1.54, 1.807) is 6.92 Å². The minimum absolute atomic E-state index is 0.113. The van der Waals surface area contributed by atoms with Gasteiger partial charge >= 0.3 is 0 Å². The third-order valence-corrected chi connectivity index (χ3v) is 6.30. The largest absolute Gasteiger partial charge is 0.299 e. The molecule has 0 unspecified atom stereocenters. The van der Waals surface area contributed by atoms with Crippen molar-refractivity contribution in [3.8, 4) is 0 Å². The van der Waals surface area contributed by atoms with Crippen molar-refractivity contribution in [2.75, 3.05) is 12.4 Å². The van der Waals surface area contributed by atoms with E-state index in [9.17, 15) is 13.2 Å². The Balaban J connectivity index is 2.33. The first-order chi connectivity index (χ1) is 7.75. The van der Waals surface area contributed by atoms with Gasteiger partial charge in [0.15, 0.2) is 0 Å². The van der Waals surface area contributed by atoms with E-state index in [1.807, 2.05) is 13.8 Å². The number of ketones is 1. The smallest absolute Gasteiger partial charge is 0.268 e. The van der Waals surface area contributed by atoms with E-state index in [0.29, 0.717) is 18.8 Å². The van der Waals surface area contributed by atoms with E-state index >= 15 is 0 Å². The predicted octanol–water partition coefficient (Wildman–Crippen LogP) is 1.75. The van der Waals surface area contributed by atoms with Gasteiger partial charge < -0.3 is 0 Å². The zero-order valence-corrected chi connectivity index (χ0v) is 11.5. The molecule has 0 radical (unpaired) electrons. The fraction of sp³-hybridized carbons (Fsp3) is 0.917. The van der Waals surface area contributed by atoms with Gasteiger partial charge in [0.2, 0.25) is 0 Å². The molecule has 2 bridgehead atoms. The second-order valence-corrected chi connectivity index (χ2v) is 7.41. The Hall–Kier alpha value is -0.420. The number of rotatable bonds is 4. The molecule has 2 fully saturated rings. The fourth-order valence-electron chi connectivity index (χ4n) is 3.63. The van der Waals surface area contributed by atoms with Crippen LogP contribution in [0.3, 0.4) is 0 Å². The van der Waals surface area contributed by atoms with Gasteiger partial charge in [0.05, 0.1) is 17.8 Å². The zero-order chi connectivity index (χ0) is 12.9. The van der Waals surface area contributed by atoms with Gasteiger partial charge in [-0.3, -0.25) is 8.98 Å². The molecule has 98 valence electrons. The molecule has 0 aromatic heterocycles. The summed E-state index contributed by atoms with van der Waals surface area (Å²) in [6, 6.07) is 0. The van der Waals surface area contributed by atoms with Gasteiger partial charge in [-0.25, -0.2) is 0 Å². The van der Waals surface area contributed by atoms with Crippen molar-refractivity contribution in [1.82, 2.24) is 0 Å². The Bertz CT molecular complexity index is 437. The highest BCUT2D eigenvalue weighted by Gasteiger charge is 2.65. The second-order valence-electron chi connectivity index (χ2n) is 5.78. The number of Topliss-reactive ketones (excluding diaryl/α,β-unsaturated/α-hetero) is 1. The lowest BCUT2D eigenvalue weighted by Gasteiger charge is -2.35. The lowest BCUT2D eigenvalue weighted by molar-refractivity contribution is -0.128.